The fraction of sp³-hybridized carbons (Fsp3) is 0.800. The molecule has 3 aliphatic rings. The molecule has 0 aromatic carbocycles. The van der Waals surface area contributed by atoms with Crippen LogP contribution in [-0.2, 0) is 23.5 Å². The number of fused-ring (bicyclic) bond motifs is 2. The van der Waals surface area contributed by atoms with Crippen molar-refractivity contribution >= 4 is 25.9 Å². The Balaban J connectivity index is 1.94. The van der Waals surface area contributed by atoms with Crippen LogP contribution in [0.1, 0.15) is 52.9 Å². The minimum absolute atomic E-state index is 0.0394. The van der Waals surface area contributed by atoms with Gasteiger partial charge in [0.1, 0.15) is 11.2 Å². The van der Waals surface area contributed by atoms with E-state index in [2.05, 4.69) is 37.5 Å². The van der Waals surface area contributed by atoms with Gasteiger partial charge in [-0.25, -0.2) is 0 Å². The van der Waals surface area contributed by atoms with E-state index in [0.29, 0.717) is 25.9 Å². The number of Topliss-reactive ketones (excluding diaryl/α,β-unsaturated/α-hetero) is 2. The van der Waals surface area contributed by atoms with Crippen LogP contribution < -0.4 is 0 Å². The molecule has 32 heavy (non-hydrogen) atoms. The van der Waals surface area contributed by atoms with Gasteiger partial charge in [0, 0.05) is 24.4 Å². The number of ketones is 2. The third-order valence-electron chi connectivity index (χ3n) is 7.55. The zero-order valence-corrected chi connectivity index (χ0v) is 21.7. The summed E-state index contributed by atoms with van der Waals surface area (Å²) in [6.45, 7) is 14.1. The van der Waals surface area contributed by atoms with Crippen LogP contribution in [0, 0.1) is 22.7 Å². The second-order valence-corrected chi connectivity index (χ2v) is 15.5. The Labute approximate surface area is 194 Å². The van der Waals surface area contributed by atoms with Crippen LogP contribution in [0.5, 0.6) is 0 Å². The molecule has 7 heteroatoms. The maximum absolute atomic E-state index is 14.0. The van der Waals surface area contributed by atoms with Gasteiger partial charge >= 0.3 is 5.97 Å². The Morgan fingerprint density at radius 1 is 1.19 bits per heavy atom. The lowest BCUT2D eigenvalue weighted by atomic mass is 9.54. The van der Waals surface area contributed by atoms with Gasteiger partial charge in [0.2, 0.25) is 0 Å². The quantitative estimate of drug-likeness (QED) is 0.234. The largest absolute Gasteiger partial charge is 0.465 e. The highest BCUT2D eigenvalue weighted by Gasteiger charge is 2.62. The maximum atomic E-state index is 14.0. The molecule has 6 nitrogen and oxygen atoms in total. The lowest BCUT2D eigenvalue weighted by Gasteiger charge is -2.54. The first-order chi connectivity index (χ1) is 15.0. The van der Waals surface area contributed by atoms with Gasteiger partial charge in [-0.3, -0.25) is 14.4 Å². The van der Waals surface area contributed by atoms with Crippen molar-refractivity contribution in [2.75, 3.05) is 26.2 Å². The van der Waals surface area contributed by atoms with E-state index in [1.165, 1.54) is 0 Å². The van der Waals surface area contributed by atoms with E-state index >= 15 is 0 Å². The highest BCUT2D eigenvalue weighted by Crippen LogP contribution is 2.53. The molecule has 2 bridgehead atoms. The second kappa shape index (κ2) is 9.51. The molecule has 1 saturated carbocycles. The van der Waals surface area contributed by atoms with Crippen LogP contribution in [0.15, 0.2) is 12.2 Å². The molecule has 2 aliphatic carbocycles. The predicted molar refractivity (Wildman–Crippen MR) is 127 cm³/mol. The van der Waals surface area contributed by atoms with Gasteiger partial charge in [-0.2, -0.15) is 0 Å². The summed E-state index contributed by atoms with van der Waals surface area (Å²) < 4.78 is 11.8. The highest BCUT2D eigenvalue weighted by atomic mass is 28.4. The number of nitrogens with zero attached hydrogens (tertiary/aromatic N) is 1. The summed E-state index contributed by atoms with van der Waals surface area (Å²) in [6, 6.07) is 0. The normalized spacial score (nSPS) is 35.6. The number of carbonyl (C=O) groups is 3. The number of rotatable bonds is 8. The minimum Gasteiger partial charge on any atom is -0.465 e. The lowest BCUT2D eigenvalue weighted by molar-refractivity contribution is -0.178. The van der Waals surface area contributed by atoms with Crippen molar-refractivity contribution in [3.05, 3.63) is 12.2 Å². The van der Waals surface area contributed by atoms with Gasteiger partial charge in [-0.15, -0.1) is 0 Å². The van der Waals surface area contributed by atoms with Crippen molar-refractivity contribution in [2.24, 2.45) is 22.7 Å². The number of hydrogen-bond donors (Lipinski definition) is 0. The molecule has 2 fully saturated rings. The van der Waals surface area contributed by atoms with E-state index in [1.54, 1.807) is 13.8 Å². The first-order valence-electron chi connectivity index (χ1n) is 12.3. The van der Waals surface area contributed by atoms with Gasteiger partial charge in [-0.1, -0.05) is 25.5 Å². The number of hydrogen-bond acceptors (Lipinski definition) is 6. The summed E-state index contributed by atoms with van der Waals surface area (Å²) in [5.41, 5.74) is -1.67. The third kappa shape index (κ3) is 4.80. The first-order valence-corrected chi connectivity index (χ1v) is 15.7. The Bertz CT molecular complexity index is 775. The number of allylic oxidation sites excluding steroid dienone is 1. The van der Waals surface area contributed by atoms with E-state index in [-0.39, 0.29) is 42.1 Å². The predicted octanol–water partition coefficient (Wildman–Crippen LogP) is 4.00. The molecular formula is C25H41NO5Si. The van der Waals surface area contributed by atoms with E-state index in [1.807, 2.05) is 6.08 Å². The summed E-state index contributed by atoms with van der Waals surface area (Å²) in [5.74, 6) is -0.387. The Hall–Kier alpha value is -1.31. The van der Waals surface area contributed by atoms with Crippen LogP contribution in [-0.4, -0.2) is 63.1 Å². The fourth-order valence-corrected chi connectivity index (χ4v) is 7.40. The molecule has 0 radical (unpaired) electrons. The average molecular weight is 464 g/mol. The summed E-state index contributed by atoms with van der Waals surface area (Å²) in [7, 11) is -1.85. The Kier molecular flexibility index (Phi) is 7.52. The third-order valence-corrected chi connectivity index (χ3v) is 8.53. The molecule has 1 aliphatic heterocycles. The first kappa shape index (κ1) is 25.3. The SMILES string of the molecule is CCOC(=O)[C@]12CCC[C@](CC3CC=CC(O[Si](C)(C)C)C3C(C)=O)(CN(CC)C1)C2=O. The number of carbonyl (C=O) groups excluding carboxylic acids is 3. The molecule has 5 atom stereocenters. The number of esters is 1. The average Bonchev–Trinajstić information content (AvgIpc) is 2.68. The monoisotopic (exact) mass is 463 g/mol. The lowest BCUT2D eigenvalue weighted by Crippen LogP contribution is -2.65. The van der Waals surface area contributed by atoms with Crippen molar-refractivity contribution in [1.29, 1.82) is 0 Å². The van der Waals surface area contributed by atoms with Gasteiger partial charge in [-0.05, 0) is 71.6 Å². The topological polar surface area (TPSA) is 72.9 Å². The molecule has 0 aromatic rings. The van der Waals surface area contributed by atoms with E-state index in [9.17, 15) is 14.4 Å². The van der Waals surface area contributed by atoms with E-state index < -0.39 is 19.1 Å². The Morgan fingerprint density at radius 3 is 2.50 bits per heavy atom. The molecule has 3 rings (SSSR count). The molecule has 1 saturated heterocycles. The van der Waals surface area contributed by atoms with Crippen LogP contribution in [0.2, 0.25) is 19.6 Å². The zero-order chi connectivity index (χ0) is 23.7. The molecule has 180 valence electrons. The molecule has 0 amide bonds. The van der Waals surface area contributed by atoms with Gasteiger partial charge in [0.25, 0.3) is 0 Å². The molecule has 0 N–H and O–H groups in total. The van der Waals surface area contributed by atoms with Crippen LogP contribution in [0.3, 0.4) is 0 Å². The van der Waals surface area contributed by atoms with Crippen molar-refractivity contribution < 1.29 is 23.5 Å². The minimum atomic E-state index is -1.85. The molecule has 0 spiro atoms. The maximum Gasteiger partial charge on any atom is 0.320 e. The van der Waals surface area contributed by atoms with E-state index in [0.717, 1.165) is 25.8 Å². The van der Waals surface area contributed by atoms with Gasteiger partial charge in [0.15, 0.2) is 14.1 Å². The Morgan fingerprint density at radius 2 is 1.91 bits per heavy atom. The summed E-state index contributed by atoms with van der Waals surface area (Å²) >= 11 is 0. The van der Waals surface area contributed by atoms with Crippen LogP contribution in [0.4, 0.5) is 0 Å². The smallest absolute Gasteiger partial charge is 0.320 e. The van der Waals surface area contributed by atoms with Crippen molar-refractivity contribution in [3.8, 4) is 0 Å². The van der Waals surface area contributed by atoms with Crippen LogP contribution in [0.25, 0.3) is 0 Å². The zero-order valence-electron chi connectivity index (χ0n) is 20.7. The summed E-state index contributed by atoms with van der Waals surface area (Å²) in [4.78, 5) is 42.2. The van der Waals surface area contributed by atoms with Gasteiger partial charge in [0.05, 0.1) is 12.7 Å². The van der Waals surface area contributed by atoms with Crippen LogP contribution >= 0.6 is 0 Å². The van der Waals surface area contributed by atoms with Crippen molar-refractivity contribution in [3.63, 3.8) is 0 Å². The molecule has 1 heterocycles. The molecule has 0 aromatic heterocycles. The van der Waals surface area contributed by atoms with Crippen molar-refractivity contribution in [1.82, 2.24) is 4.90 Å². The summed E-state index contributed by atoms with van der Waals surface area (Å²) in [6.07, 6.45) is 7.51. The number of piperidine rings is 1. The second-order valence-electron chi connectivity index (χ2n) is 11.0. The summed E-state index contributed by atoms with van der Waals surface area (Å²) in [5, 5.41) is 0. The fourth-order valence-electron chi connectivity index (χ4n) is 6.36. The molecule has 3 unspecified atom stereocenters. The number of likely N-dealkylation sites (tertiary alicyclic amines) is 1. The van der Waals surface area contributed by atoms with Gasteiger partial charge < -0.3 is 14.1 Å². The molecular weight excluding hydrogens is 422 g/mol. The van der Waals surface area contributed by atoms with E-state index in [4.69, 9.17) is 9.16 Å². The highest BCUT2D eigenvalue weighted by molar-refractivity contribution is 6.69. The number of ether oxygens (including phenoxy) is 1. The standard InChI is InChI=1S/C25H41NO5Si/c1-7-26-16-24(13-10-14-25(17-26,22(24)28)23(29)30-8-2)15-19-11-9-12-20(21(19)18(3)27)31-32(4,5)6/h9,12,19-21H,7-8,10-11,13-17H2,1-6H3/t19?,20?,21?,24-,25+/m0/s1. The van der Waals surface area contributed by atoms with Crippen molar-refractivity contribution in [2.45, 2.75) is 78.6 Å².